The SMILES string of the molecule is CCCCCC(C)Nc1c(C)cccc1C(N)=S. The Balaban J connectivity index is 2.73. The van der Waals surface area contributed by atoms with Crippen LogP contribution in [0.2, 0.25) is 0 Å². The zero-order valence-electron chi connectivity index (χ0n) is 11.6. The Morgan fingerprint density at radius 1 is 1.39 bits per heavy atom. The Morgan fingerprint density at radius 2 is 2.11 bits per heavy atom. The smallest absolute Gasteiger partial charge is 0.106 e. The van der Waals surface area contributed by atoms with Gasteiger partial charge in [-0.15, -0.1) is 0 Å². The van der Waals surface area contributed by atoms with Crippen LogP contribution in [0.15, 0.2) is 18.2 Å². The second-order valence-corrected chi connectivity index (χ2v) is 5.34. The number of rotatable bonds is 7. The lowest BCUT2D eigenvalue weighted by Gasteiger charge is -2.19. The van der Waals surface area contributed by atoms with Crippen molar-refractivity contribution in [3.63, 3.8) is 0 Å². The van der Waals surface area contributed by atoms with E-state index in [1.165, 1.54) is 31.2 Å². The van der Waals surface area contributed by atoms with E-state index in [0.29, 0.717) is 11.0 Å². The fourth-order valence-corrected chi connectivity index (χ4v) is 2.25. The highest BCUT2D eigenvalue weighted by atomic mass is 32.1. The quantitative estimate of drug-likeness (QED) is 0.577. The van der Waals surface area contributed by atoms with Gasteiger partial charge in [0.2, 0.25) is 0 Å². The minimum Gasteiger partial charge on any atom is -0.389 e. The predicted octanol–water partition coefficient (Wildman–Crippen LogP) is 4.01. The summed E-state index contributed by atoms with van der Waals surface area (Å²) in [6.07, 6.45) is 5.00. The summed E-state index contributed by atoms with van der Waals surface area (Å²) in [6, 6.07) is 6.52. The third kappa shape index (κ3) is 4.30. The van der Waals surface area contributed by atoms with E-state index >= 15 is 0 Å². The summed E-state index contributed by atoms with van der Waals surface area (Å²) in [5, 5.41) is 3.55. The summed E-state index contributed by atoms with van der Waals surface area (Å²) in [4.78, 5) is 0.460. The molecule has 0 heterocycles. The lowest BCUT2D eigenvalue weighted by molar-refractivity contribution is 0.615. The summed E-state index contributed by atoms with van der Waals surface area (Å²) in [5.41, 5.74) is 9.01. The molecule has 0 saturated carbocycles. The average molecular weight is 264 g/mol. The van der Waals surface area contributed by atoms with E-state index in [1.807, 2.05) is 12.1 Å². The van der Waals surface area contributed by atoms with Crippen LogP contribution in [0, 0.1) is 6.92 Å². The zero-order valence-corrected chi connectivity index (χ0v) is 12.4. The first kappa shape index (κ1) is 15.0. The number of anilines is 1. The Labute approximate surface area is 116 Å². The number of nitrogens with one attached hydrogen (secondary N) is 1. The lowest BCUT2D eigenvalue weighted by Crippen LogP contribution is -2.20. The highest BCUT2D eigenvalue weighted by Gasteiger charge is 2.10. The van der Waals surface area contributed by atoms with E-state index < -0.39 is 0 Å². The van der Waals surface area contributed by atoms with Crippen LogP contribution in [0.4, 0.5) is 5.69 Å². The molecule has 0 aliphatic heterocycles. The first-order valence-corrected chi connectivity index (χ1v) is 7.13. The number of benzene rings is 1. The number of hydrogen-bond donors (Lipinski definition) is 2. The van der Waals surface area contributed by atoms with E-state index in [0.717, 1.165) is 11.3 Å². The van der Waals surface area contributed by atoms with E-state index in [4.69, 9.17) is 18.0 Å². The monoisotopic (exact) mass is 264 g/mol. The topological polar surface area (TPSA) is 38.0 Å². The number of unbranched alkanes of at least 4 members (excludes halogenated alkanes) is 2. The number of aryl methyl sites for hydroxylation is 1. The van der Waals surface area contributed by atoms with Crippen molar-refractivity contribution in [2.75, 3.05) is 5.32 Å². The van der Waals surface area contributed by atoms with Crippen LogP contribution in [0.5, 0.6) is 0 Å². The highest BCUT2D eigenvalue weighted by molar-refractivity contribution is 7.80. The number of nitrogens with two attached hydrogens (primary N) is 1. The van der Waals surface area contributed by atoms with Crippen molar-refractivity contribution in [2.24, 2.45) is 5.73 Å². The number of thiocarbonyl (C=S) groups is 1. The van der Waals surface area contributed by atoms with Crippen LogP contribution < -0.4 is 11.1 Å². The third-order valence-electron chi connectivity index (χ3n) is 3.17. The molecule has 3 N–H and O–H groups in total. The summed E-state index contributed by atoms with van der Waals surface area (Å²) >= 11 is 5.11. The molecule has 2 nitrogen and oxygen atoms in total. The minimum absolute atomic E-state index is 0.450. The summed E-state index contributed by atoms with van der Waals surface area (Å²) in [7, 11) is 0. The number of hydrogen-bond acceptors (Lipinski definition) is 2. The highest BCUT2D eigenvalue weighted by Crippen LogP contribution is 2.22. The Bertz CT molecular complexity index is 401. The molecule has 18 heavy (non-hydrogen) atoms. The maximum atomic E-state index is 5.77. The summed E-state index contributed by atoms with van der Waals surface area (Å²) in [5.74, 6) is 0. The van der Waals surface area contributed by atoms with Crippen molar-refractivity contribution in [3.05, 3.63) is 29.3 Å². The van der Waals surface area contributed by atoms with Gasteiger partial charge in [-0.05, 0) is 31.9 Å². The second-order valence-electron chi connectivity index (χ2n) is 4.90. The lowest BCUT2D eigenvalue weighted by atomic mass is 10.0. The van der Waals surface area contributed by atoms with Gasteiger partial charge in [0.05, 0.1) is 0 Å². The maximum absolute atomic E-state index is 5.77. The second kappa shape index (κ2) is 7.37. The largest absolute Gasteiger partial charge is 0.389 e. The van der Waals surface area contributed by atoms with Crippen molar-refractivity contribution in [3.8, 4) is 0 Å². The Kier molecular flexibility index (Phi) is 6.13. The molecule has 1 atom stereocenters. The molecule has 0 bridgehead atoms. The van der Waals surface area contributed by atoms with Gasteiger partial charge in [0.1, 0.15) is 4.99 Å². The molecule has 1 unspecified atom stereocenters. The van der Waals surface area contributed by atoms with Crippen LogP contribution in [-0.4, -0.2) is 11.0 Å². The van der Waals surface area contributed by atoms with Crippen LogP contribution in [0.25, 0.3) is 0 Å². The maximum Gasteiger partial charge on any atom is 0.106 e. The molecule has 0 aliphatic rings. The molecule has 0 spiro atoms. The van der Waals surface area contributed by atoms with Crippen LogP contribution in [0.3, 0.4) is 0 Å². The van der Waals surface area contributed by atoms with Crippen LogP contribution in [-0.2, 0) is 0 Å². The van der Waals surface area contributed by atoms with Crippen molar-refractivity contribution in [2.45, 2.75) is 52.5 Å². The zero-order chi connectivity index (χ0) is 13.5. The molecule has 0 aromatic heterocycles. The third-order valence-corrected chi connectivity index (χ3v) is 3.39. The molecule has 100 valence electrons. The molecule has 0 fully saturated rings. The van der Waals surface area contributed by atoms with Crippen molar-refractivity contribution in [1.29, 1.82) is 0 Å². The van der Waals surface area contributed by atoms with Gasteiger partial charge >= 0.3 is 0 Å². The van der Waals surface area contributed by atoms with E-state index in [2.05, 4.69) is 32.2 Å². The fourth-order valence-electron chi connectivity index (χ4n) is 2.08. The first-order valence-electron chi connectivity index (χ1n) is 6.72. The molecule has 0 amide bonds. The van der Waals surface area contributed by atoms with Crippen molar-refractivity contribution in [1.82, 2.24) is 0 Å². The number of para-hydroxylation sites is 1. The summed E-state index contributed by atoms with van der Waals surface area (Å²) in [6.45, 7) is 6.53. The summed E-state index contributed by atoms with van der Waals surface area (Å²) < 4.78 is 0. The molecular formula is C15H24N2S. The standard InChI is InChI=1S/C15H24N2S/c1-4-5-6-9-12(3)17-14-11(2)8-7-10-13(14)15(16)18/h7-8,10,12,17H,4-6,9H2,1-3H3,(H2,16,18). The average Bonchev–Trinajstić information content (AvgIpc) is 2.31. The molecule has 1 rings (SSSR count). The molecule has 0 aliphatic carbocycles. The van der Waals surface area contributed by atoms with Gasteiger partial charge in [0, 0.05) is 17.3 Å². The van der Waals surface area contributed by atoms with Gasteiger partial charge in [0.15, 0.2) is 0 Å². The van der Waals surface area contributed by atoms with Crippen LogP contribution in [0.1, 0.15) is 50.7 Å². The van der Waals surface area contributed by atoms with Crippen LogP contribution >= 0.6 is 12.2 Å². The van der Waals surface area contributed by atoms with E-state index in [1.54, 1.807) is 0 Å². The van der Waals surface area contributed by atoms with Crippen molar-refractivity contribution >= 4 is 22.9 Å². The van der Waals surface area contributed by atoms with Crippen molar-refractivity contribution < 1.29 is 0 Å². The van der Waals surface area contributed by atoms with Gasteiger partial charge in [-0.25, -0.2) is 0 Å². The fraction of sp³-hybridized carbons (Fsp3) is 0.533. The van der Waals surface area contributed by atoms with Gasteiger partial charge in [-0.3, -0.25) is 0 Å². The van der Waals surface area contributed by atoms with Gasteiger partial charge < -0.3 is 11.1 Å². The van der Waals surface area contributed by atoms with Gasteiger partial charge in [-0.2, -0.15) is 0 Å². The predicted molar refractivity (Wildman–Crippen MR) is 84.3 cm³/mol. The first-order chi connectivity index (χ1) is 8.56. The molecule has 0 saturated heterocycles. The van der Waals surface area contributed by atoms with E-state index in [-0.39, 0.29) is 0 Å². The molecule has 3 heteroatoms. The normalized spacial score (nSPS) is 12.2. The molecular weight excluding hydrogens is 240 g/mol. The minimum atomic E-state index is 0.450. The Hall–Kier alpha value is -1.09. The van der Waals surface area contributed by atoms with Gasteiger partial charge in [-0.1, -0.05) is 50.5 Å². The Morgan fingerprint density at radius 3 is 2.72 bits per heavy atom. The molecule has 0 radical (unpaired) electrons. The van der Waals surface area contributed by atoms with E-state index in [9.17, 15) is 0 Å². The van der Waals surface area contributed by atoms with Gasteiger partial charge in [0.25, 0.3) is 0 Å². The molecule has 1 aromatic rings. The molecule has 1 aromatic carbocycles.